The van der Waals surface area contributed by atoms with Gasteiger partial charge in [0.15, 0.2) is 0 Å². The maximum absolute atomic E-state index is 9.20. The van der Waals surface area contributed by atoms with Crippen LogP contribution in [-0.4, -0.2) is 33.0 Å². The van der Waals surface area contributed by atoms with Crippen LogP contribution in [0.15, 0.2) is 36.5 Å². The molecule has 1 aromatic carbocycles. The Balaban J connectivity index is 2.02. The van der Waals surface area contributed by atoms with Crippen molar-refractivity contribution in [2.24, 2.45) is 0 Å². The van der Waals surface area contributed by atoms with Crippen molar-refractivity contribution < 1.29 is 9.84 Å². The van der Waals surface area contributed by atoms with E-state index in [9.17, 15) is 5.11 Å². The summed E-state index contributed by atoms with van der Waals surface area (Å²) in [7, 11) is 0. The summed E-state index contributed by atoms with van der Waals surface area (Å²) in [5, 5.41) is 16.8. The molecule has 19 heavy (non-hydrogen) atoms. The second-order valence-electron chi connectivity index (χ2n) is 3.81. The number of aliphatic hydroxyl groups excluding tert-OH is 1. The van der Waals surface area contributed by atoms with E-state index in [1.807, 2.05) is 30.3 Å². The zero-order valence-electron chi connectivity index (χ0n) is 10.2. The van der Waals surface area contributed by atoms with Crippen LogP contribution in [-0.2, 0) is 0 Å². The molecule has 2 rings (SSSR count). The number of rotatable bonds is 5. The molecule has 0 saturated carbocycles. The Hall–Kier alpha value is -2.45. The van der Waals surface area contributed by atoms with Gasteiger partial charge in [0.2, 0.25) is 0 Å². The molecule has 0 aliphatic rings. The molecule has 0 radical (unpaired) electrons. The maximum Gasteiger partial charge on any atom is 0.336 e. The molecule has 0 aliphatic carbocycles. The van der Waals surface area contributed by atoms with Crippen molar-refractivity contribution in [3.63, 3.8) is 0 Å². The summed E-state index contributed by atoms with van der Waals surface area (Å²) in [4.78, 5) is 4.24. The van der Waals surface area contributed by atoms with Crippen LogP contribution in [0.3, 0.4) is 0 Å². The van der Waals surface area contributed by atoms with E-state index in [1.54, 1.807) is 6.20 Å². The molecule has 5 heteroatoms. The van der Waals surface area contributed by atoms with Gasteiger partial charge in [0, 0.05) is 12.0 Å². The van der Waals surface area contributed by atoms with Crippen LogP contribution >= 0.6 is 0 Å². The van der Waals surface area contributed by atoms with Crippen molar-refractivity contribution in [2.45, 2.75) is 12.5 Å². The molecule has 5 nitrogen and oxygen atoms in total. The molecule has 0 bridgehead atoms. The van der Waals surface area contributed by atoms with Gasteiger partial charge in [-0.25, -0.2) is 0 Å². The number of hydrogen-bond donors (Lipinski definition) is 1. The first-order valence-corrected chi connectivity index (χ1v) is 5.81. The Morgan fingerprint density at radius 3 is 2.84 bits per heavy atom. The number of aliphatic hydroxyl groups is 1. The van der Waals surface area contributed by atoms with Crippen LogP contribution in [0.4, 0.5) is 0 Å². The van der Waals surface area contributed by atoms with Crippen molar-refractivity contribution in [3.8, 4) is 29.6 Å². The standard InChI is InChI=1S/C14H13N3O2/c1-2-12(18)8-9-19-14-16-13(10-15-17-14)11-6-4-3-5-7-11/h1,3-7,10,12,18H,8-9H2. The third-order valence-electron chi connectivity index (χ3n) is 2.42. The van der Waals surface area contributed by atoms with E-state index < -0.39 is 6.10 Å². The number of hydrogen-bond acceptors (Lipinski definition) is 5. The molecule has 1 unspecified atom stereocenters. The highest BCUT2D eigenvalue weighted by Crippen LogP contribution is 2.16. The summed E-state index contributed by atoms with van der Waals surface area (Å²) in [6, 6.07) is 9.79. The largest absolute Gasteiger partial charge is 0.462 e. The Bertz CT molecular complexity index is 566. The van der Waals surface area contributed by atoms with Gasteiger partial charge >= 0.3 is 6.01 Å². The molecule has 2 aromatic rings. The van der Waals surface area contributed by atoms with Crippen molar-refractivity contribution in [3.05, 3.63) is 36.5 Å². The van der Waals surface area contributed by atoms with Crippen LogP contribution in [0.5, 0.6) is 6.01 Å². The molecule has 1 atom stereocenters. The highest BCUT2D eigenvalue weighted by atomic mass is 16.5. The van der Waals surface area contributed by atoms with Crippen molar-refractivity contribution in [1.29, 1.82) is 0 Å². The highest BCUT2D eigenvalue weighted by molar-refractivity contribution is 5.57. The van der Waals surface area contributed by atoms with Gasteiger partial charge in [-0.1, -0.05) is 41.4 Å². The monoisotopic (exact) mass is 255 g/mol. The third kappa shape index (κ3) is 3.76. The number of benzene rings is 1. The van der Waals surface area contributed by atoms with Crippen molar-refractivity contribution >= 4 is 0 Å². The van der Waals surface area contributed by atoms with Gasteiger partial charge in [-0.15, -0.1) is 6.42 Å². The van der Waals surface area contributed by atoms with Crippen LogP contribution < -0.4 is 4.74 Å². The van der Waals surface area contributed by atoms with Gasteiger partial charge in [0.05, 0.1) is 18.5 Å². The molecular formula is C14H13N3O2. The lowest BCUT2D eigenvalue weighted by molar-refractivity contribution is 0.179. The zero-order valence-corrected chi connectivity index (χ0v) is 10.2. The molecule has 1 heterocycles. The second-order valence-corrected chi connectivity index (χ2v) is 3.81. The zero-order chi connectivity index (χ0) is 13.5. The van der Waals surface area contributed by atoms with E-state index in [0.717, 1.165) is 5.56 Å². The predicted octanol–water partition coefficient (Wildman–Crippen LogP) is 1.30. The lowest BCUT2D eigenvalue weighted by Gasteiger charge is -2.06. The smallest absolute Gasteiger partial charge is 0.336 e. The molecule has 1 aromatic heterocycles. The fourth-order valence-corrected chi connectivity index (χ4v) is 1.44. The van der Waals surface area contributed by atoms with Gasteiger partial charge in [-0.05, 0) is 0 Å². The molecule has 0 amide bonds. The van der Waals surface area contributed by atoms with Crippen LogP contribution in [0.1, 0.15) is 6.42 Å². The van der Waals surface area contributed by atoms with Crippen LogP contribution in [0, 0.1) is 12.3 Å². The van der Waals surface area contributed by atoms with Gasteiger partial charge in [0.1, 0.15) is 6.10 Å². The average molecular weight is 255 g/mol. The lowest BCUT2D eigenvalue weighted by atomic mass is 10.2. The van der Waals surface area contributed by atoms with Gasteiger partial charge < -0.3 is 9.84 Å². The van der Waals surface area contributed by atoms with Crippen molar-refractivity contribution in [1.82, 2.24) is 15.2 Å². The quantitative estimate of drug-likeness (QED) is 0.816. The molecule has 0 aliphatic heterocycles. The first kappa shape index (κ1) is 13.0. The van der Waals surface area contributed by atoms with Gasteiger partial charge in [-0.2, -0.15) is 10.1 Å². The third-order valence-corrected chi connectivity index (χ3v) is 2.42. The number of aromatic nitrogens is 3. The molecule has 0 saturated heterocycles. The summed E-state index contributed by atoms with van der Waals surface area (Å²) in [5.41, 5.74) is 1.62. The van der Waals surface area contributed by atoms with E-state index >= 15 is 0 Å². The minimum absolute atomic E-state index is 0.172. The summed E-state index contributed by atoms with van der Waals surface area (Å²) >= 11 is 0. The van der Waals surface area contributed by atoms with Crippen molar-refractivity contribution in [2.75, 3.05) is 6.61 Å². The Kier molecular flexibility index (Phi) is 4.43. The van der Waals surface area contributed by atoms with Crippen LogP contribution in [0.2, 0.25) is 0 Å². The number of ether oxygens (including phenoxy) is 1. The summed E-state index contributed by atoms with van der Waals surface area (Å²) < 4.78 is 5.30. The predicted molar refractivity (Wildman–Crippen MR) is 70.2 cm³/mol. The SMILES string of the molecule is C#CC(O)CCOc1nncc(-c2ccccc2)n1. The van der Waals surface area contributed by atoms with E-state index in [4.69, 9.17) is 11.2 Å². The molecule has 1 N–H and O–H groups in total. The summed E-state index contributed by atoms with van der Waals surface area (Å²) in [5.74, 6) is 2.21. The van der Waals surface area contributed by atoms with Gasteiger partial charge in [-0.3, -0.25) is 0 Å². The number of terminal acetylenes is 1. The first-order valence-electron chi connectivity index (χ1n) is 5.81. The van der Waals surface area contributed by atoms with Gasteiger partial charge in [0.25, 0.3) is 0 Å². The lowest BCUT2D eigenvalue weighted by Crippen LogP contribution is -2.11. The minimum atomic E-state index is -0.815. The van der Waals surface area contributed by atoms with E-state index in [1.165, 1.54) is 0 Å². The Morgan fingerprint density at radius 1 is 1.32 bits per heavy atom. The van der Waals surface area contributed by atoms with E-state index in [2.05, 4.69) is 21.1 Å². The molecular weight excluding hydrogens is 242 g/mol. The molecule has 0 spiro atoms. The Morgan fingerprint density at radius 2 is 2.11 bits per heavy atom. The number of nitrogens with zero attached hydrogens (tertiary/aromatic N) is 3. The maximum atomic E-state index is 9.20. The molecule has 0 fully saturated rings. The van der Waals surface area contributed by atoms with E-state index in [-0.39, 0.29) is 12.6 Å². The Labute approximate surface area is 111 Å². The highest BCUT2D eigenvalue weighted by Gasteiger charge is 2.05. The second kappa shape index (κ2) is 6.47. The average Bonchev–Trinajstić information content (AvgIpc) is 2.48. The molecule has 96 valence electrons. The topological polar surface area (TPSA) is 68.1 Å². The summed E-state index contributed by atoms with van der Waals surface area (Å²) in [6.45, 7) is 0.241. The first-order chi connectivity index (χ1) is 9.29. The van der Waals surface area contributed by atoms with E-state index in [0.29, 0.717) is 12.1 Å². The normalized spacial score (nSPS) is 11.6. The van der Waals surface area contributed by atoms with Crippen LogP contribution in [0.25, 0.3) is 11.3 Å². The summed E-state index contributed by atoms with van der Waals surface area (Å²) in [6.07, 6.45) is 6.13. The fourth-order valence-electron chi connectivity index (χ4n) is 1.44. The fraction of sp³-hybridized carbons (Fsp3) is 0.214. The minimum Gasteiger partial charge on any atom is -0.462 e.